The summed E-state index contributed by atoms with van der Waals surface area (Å²) in [6.45, 7) is 8.77. The summed E-state index contributed by atoms with van der Waals surface area (Å²) in [5, 5.41) is 0.697. The number of carbonyl (C=O) groups is 1. The van der Waals surface area contributed by atoms with Gasteiger partial charge in [-0.3, -0.25) is 4.79 Å². The van der Waals surface area contributed by atoms with Gasteiger partial charge in [-0.05, 0) is 62.2 Å². The summed E-state index contributed by atoms with van der Waals surface area (Å²) in [4.78, 5) is 14.2. The molecule has 3 aromatic rings. The minimum Gasteiger partial charge on any atom is -0.372 e. The normalized spacial score (nSPS) is 10.9. The van der Waals surface area contributed by atoms with Crippen LogP contribution in [0.3, 0.4) is 0 Å². The fourth-order valence-electron chi connectivity index (χ4n) is 3.59. The summed E-state index contributed by atoms with van der Waals surface area (Å²) in [6, 6.07) is 18.1. The molecule has 0 aliphatic rings. The first-order valence-corrected chi connectivity index (χ1v) is 9.92. The standard InChI is InChI=1S/C23H26ClN3O/c1-4-26(5-2)20-11-9-18(10-12-20)22-14-21(23(25)28)16(3)27(22)15-17-7-6-8-19(24)13-17/h6-14H,4-5,15H2,1-3H3,(H2,25,28). The Kier molecular flexibility index (Phi) is 6.10. The van der Waals surface area contributed by atoms with Gasteiger partial charge in [-0.1, -0.05) is 35.9 Å². The number of anilines is 1. The number of hydrogen-bond acceptors (Lipinski definition) is 2. The van der Waals surface area contributed by atoms with Gasteiger partial charge in [0.05, 0.1) is 5.56 Å². The van der Waals surface area contributed by atoms with Gasteiger partial charge >= 0.3 is 0 Å². The fraction of sp³-hybridized carbons (Fsp3) is 0.261. The maximum absolute atomic E-state index is 11.9. The van der Waals surface area contributed by atoms with Crippen LogP contribution in [0, 0.1) is 6.92 Å². The lowest BCUT2D eigenvalue weighted by Gasteiger charge is -2.21. The number of nitrogens with zero attached hydrogens (tertiary/aromatic N) is 2. The van der Waals surface area contributed by atoms with Crippen LogP contribution >= 0.6 is 11.6 Å². The molecule has 0 fully saturated rings. The van der Waals surface area contributed by atoms with Crippen LogP contribution in [-0.4, -0.2) is 23.6 Å². The Hall–Kier alpha value is -2.72. The number of aromatic nitrogens is 1. The van der Waals surface area contributed by atoms with E-state index in [1.807, 2.05) is 37.3 Å². The predicted octanol–water partition coefficient (Wildman–Crippen LogP) is 5.11. The number of hydrogen-bond donors (Lipinski definition) is 1. The molecule has 3 rings (SSSR count). The summed E-state index contributed by atoms with van der Waals surface area (Å²) >= 11 is 6.15. The average Bonchev–Trinajstić information content (AvgIpc) is 3.00. The molecule has 146 valence electrons. The number of primary amides is 1. The molecule has 0 unspecified atom stereocenters. The van der Waals surface area contributed by atoms with Gasteiger partial charge in [0, 0.05) is 41.7 Å². The van der Waals surface area contributed by atoms with E-state index in [2.05, 4.69) is 47.6 Å². The summed E-state index contributed by atoms with van der Waals surface area (Å²) in [5.41, 5.74) is 11.3. The Morgan fingerprint density at radius 1 is 1.07 bits per heavy atom. The third-order valence-corrected chi connectivity index (χ3v) is 5.39. The van der Waals surface area contributed by atoms with E-state index in [0.29, 0.717) is 17.1 Å². The monoisotopic (exact) mass is 395 g/mol. The molecule has 4 nitrogen and oxygen atoms in total. The summed E-state index contributed by atoms with van der Waals surface area (Å²) in [5.74, 6) is -0.414. The Morgan fingerprint density at radius 3 is 2.32 bits per heavy atom. The molecular formula is C23H26ClN3O. The highest BCUT2D eigenvalue weighted by Crippen LogP contribution is 2.29. The molecule has 1 heterocycles. The predicted molar refractivity (Wildman–Crippen MR) is 117 cm³/mol. The van der Waals surface area contributed by atoms with Crippen molar-refractivity contribution >= 4 is 23.2 Å². The van der Waals surface area contributed by atoms with Gasteiger partial charge in [-0.25, -0.2) is 0 Å². The second-order valence-corrected chi connectivity index (χ2v) is 7.26. The zero-order chi connectivity index (χ0) is 20.3. The molecule has 0 saturated heterocycles. The van der Waals surface area contributed by atoms with Crippen LogP contribution in [0.2, 0.25) is 5.02 Å². The summed E-state index contributed by atoms with van der Waals surface area (Å²) < 4.78 is 2.12. The molecule has 28 heavy (non-hydrogen) atoms. The van der Waals surface area contributed by atoms with E-state index in [9.17, 15) is 4.79 Å². The first-order valence-electron chi connectivity index (χ1n) is 9.54. The largest absolute Gasteiger partial charge is 0.372 e. The van der Waals surface area contributed by atoms with E-state index in [1.165, 1.54) is 5.69 Å². The molecule has 0 atom stereocenters. The summed E-state index contributed by atoms with van der Waals surface area (Å²) in [6.07, 6.45) is 0. The van der Waals surface area contributed by atoms with E-state index >= 15 is 0 Å². The van der Waals surface area contributed by atoms with Crippen molar-refractivity contribution in [3.8, 4) is 11.3 Å². The number of halogens is 1. The van der Waals surface area contributed by atoms with Gasteiger partial charge in [0.1, 0.15) is 0 Å². The zero-order valence-corrected chi connectivity index (χ0v) is 17.3. The first kappa shape index (κ1) is 20.0. The zero-order valence-electron chi connectivity index (χ0n) is 16.6. The highest BCUT2D eigenvalue weighted by Gasteiger charge is 2.17. The number of rotatable bonds is 7. The van der Waals surface area contributed by atoms with Crippen molar-refractivity contribution in [2.24, 2.45) is 5.73 Å². The van der Waals surface area contributed by atoms with Crippen molar-refractivity contribution in [1.29, 1.82) is 0 Å². The SMILES string of the molecule is CCN(CC)c1ccc(-c2cc(C(N)=O)c(C)n2Cc2cccc(Cl)c2)cc1. The van der Waals surface area contributed by atoms with E-state index in [1.54, 1.807) is 0 Å². The van der Waals surface area contributed by atoms with E-state index in [4.69, 9.17) is 17.3 Å². The molecule has 2 N–H and O–H groups in total. The van der Waals surface area contributed by atoms with Gasteiger partial charge in [0.2, 0.25) is 0 Å². The number of carbonyl (C=O) groups excluding carboxylic acids is 1. The van der Waals surface area contributed by atoms with Crippen molar-refractivity contribution in [3.05, 3.63) is 76.4 Å². The van der Waals surface area contributed by atoms with Crippen LogP contribution in [-0.2, 0) is 6.54 Å². The van der Waals surface area contributed by atoms with Crippen LogP contribution in [0.25, 0.3) is 11.3 Å². The molecule has 0 aliphatic heterocycles. The Balaban J connectivity index is 2.04. The minimum absolute atomic E-state index is 0.414. The molecule has 1 aromatic heterocycles. The van der Waals surface area contributed by atoms with Crippen molar-refractivity contribution in [3.63, 3.8) is 0 Å². The maximum Gasteiger partial charge on any atom is 0.250 e. The van der Waals surface area contributed by atoms with Gasteiger partial charge in [0.15, 0.2) is 0 Å². The van der Waals surface area contributed by atoms with Crippen LogP contribution < -0.4 is 10.6 Å². The molecule has 0 bridgehead atoms. The lowest BCUT2D eigenvalue weighted by atomic mass is 10.1. The minimum atomic E-state index is -0.414. The van der Waals surface area contributed by atoms with Gasteiger partial charge in [-0.2, -0.15) is 0 Å². The van der Waals surface area contributed by atoms with E-state index < -0.39 is 5.91 Å². The van der Waals surface area contributed by atoms with Crippen LogP contribution in [0.4, 0.5) is 5.69 Å². The third-order valence-electron chi connectivity index (χ3n) is 5.15. The highest BCUT2D eigenvalue weighted by molar-refractivity contribution is 6.30. The molecule has 0 saturated carbocycles. The topological polar surface area (TPSA) is 51.3 Å². The Morgan fingerprint density at radius 2 is 1.75 bits per heavy atom. The van der Waals surface area contributed by atoms with Gasteiger partial charge < -0.3 is 15.2 Å². The second-order valence-electron chi connectivity index (χ2n) is 6.83. The molecular weight excluding hydrogens is 370 g/mol. The maximum atomic E-state index is 11.9. The van der Waals surface area contributed by atoms with E-state index in [-0.39, 0.29) is 0 Å². The molecule has 1 amide bonds. The lowest BCUT2D eigenvalue weighted by molar-refractivity contribution is 0.0999. The summed E-state index contributed by atoms with van der Waals surface area (Å²) in [7, 11) is 0. The second kappa shape index (κ2) is 8.53. The number of amides is 1. The quantitative estimate of drug-likeness (QED) is 0.604. The van der Waals surface area contributed by atoms with Gasteiger partial charge in [-0.15, -0.1) is 0 Å². The smallest absolute Gasteiger partial charge is 0.250 e. The third kappa shape index (κ3) is 4.07. The van der Waals surface area contributed by atoms with E-state index in [0.717, 1.165) is 35.6 Å². The van der Waals surface area contributed by atoms with Crippen molar-refractivity contribution in [2.45, 2.75) is 27.3 Å². The molecule has 2 aromatic carbocycles. The highest BCUT2D eigenvalue weighted by atomic mass is 35.5. The molecule has 0 spiro atoms. The van der Waals surface area contributed by atoms with Crippen LogP contribution in [0.15, 0.2) is 54.6 Å². The molecule has 0 radical (unpaired) electrons. The Labute approximate surface area is 171 Å². The Bertz CT molecular complexity index is 972. The van der Waals surface area contributed by atoms with Crippen LogP contribution in [0.5, 0.6) is 0 Å². The number of benzene rings is 2. The van der Waals surface area contributed by atoms with Crippen molar-refractivity contribution < 1.29 is 4.79 Å². The lowest BCUT2D eigenvalue weighted by Crippen LogP contribution is -2.21. The first-order chi connectivity index (χ1) is 13.4. The average molecular weight is 396 g/mol. The van der Waals surface area contributed by atoms with Gasteiger partial charge in [0.25, 0.3) is 5.91 Å². The fourth-order valence-corrected chi connectivity index (χ4v) is 3.80. The molecule has 5 heteroatoms. The van der Waals surface area contributed by atoms with Crippen molar-refractivity contribution in [2.75, 3.05) is 18.0 Å². The van der Waals surface area contributed by atoms with Crippen LogP contribution in [0.1, 0.15) is 35.5 Å². The van der Waals surface area contributed by atoms with Crippen molar-refractivity contribution in [1.82, 2.24) is 4.57 Å². The number of nitrogens with two attached hydrogens (primary N) is 1. The molecule has 0 aliphatic carbocycles.